The molecule has 0 unspecified atom stereocenters. The predicted molar refractivity (Wildman–Crippen MR) is 98.9 cm³/mol. The molecule has 9 heteroatoms. The fourth-order valence-electron chi connectivity index (χ4n) is 3.34. The van der Waals surface area contributed by atoms with Gasteiger partial charge in [-0.3, -0.25) is 4.79 Å². The van der Waals surface area contributed by atoms with E-state index in [1.54, 1.807) is 26.0 Å². The van der Waals surface area contributed by atoms with E-state index in [2.05, 4.69) is 20.8 Å². The Morgan fingerprint density at radius 1 is 1.33 bits per heavy atom. The number of nitrogens with one attached hydrogen (secondary N) is 2. The van der Waals surface area contributed by atoms with Crippen LogP contribution in [0.4, 0.5) is 4.79 Å². The normalized spacial score (nSPS) is 23.0. The van der Waals surface area contributed by atoms with Crippen molar-refractivity contribution in [3.8, 4) is 0 Å². The zero-order valence-corrected chi connectivity index (χ0v) is 17.0. The van der Waals surface area contributed by atoms with Gasteiger partial charge in [-0.05, 0) is 47.0 Å². The van der Waals surface area contributed by atoms with Crippen LogP contribution in [0.1, 0.15) is 51.7 Å². The molecule has 2 N–H and O–H groups in total. The fourth-order valence-corrected chi connectivity index (χ4v) is 3.34. The number of carbonyl (C=O) groups is 2. The second-order valence-electron chi connectivity index (χ2n) is 8.17. The maximum Gasteiger partial charge on any atom is 0.315 e. The number of rotatable bonds is 5. The van der Waals surface area contributed by atoms with E-state index in [-0.39, 0.29) is 42.1 Å². The van der Waals surface area contributed by atoms with Gasteiger partial charge in [-0.15, -0.1) is 0 Å². The lowest BCUT2D eigenvalue weighted by molar-refractivity contribution is -0.137. The summed E-state index contributed by atoms with van der Waals surface area (Å²) in [5, 5.41) is 9.59. The largest absolute Gasteiger partial charge is 0.379 e. The average molecular weight is 381 g/mol. The monoisotopic (exact) mass is 381 g/mol. The van der Waals surface area contributed by atoms with Crippen LogP contribution >= 0.6 is 0 Å². The summed E-state index contributed by atoms with van der Waals surface area (Å²) in [4.78, 5) is 30.8. The zero-order chi connectivity index (χ0) is 20.2. The van der Waals surface area contributed by atoms with Gasteiger partial charge in [0.15, 0.2) is 5.82 Å². The lowest BCUT2D eigenvalue weighted by Gasteiger charge is -2.36. The highest BCUT2D eigenvalue weighted by Crippen LogP contribution is 2.28. The Hall–Kier alpha value is -2.16. The van der Waals surface area contributed by atoms with Crippen LogP contribution in [0.15, 0.2) is 4.52 Å². The van der Waals surface area contributed by atoms with Crippen LogP contribution in [0.5, 0.6) is 0 Å². The maximum atomic E-state index is 12.8. The number of amides is 3. The zero-order valence-electron chi connectivity index (χ0n) is 17.0. The summed E-state index contributed by atoms with van der Waals surface area (Å²) in [6.07, 6.45) is 1.84. The molecule has 9 nitrogen and oxygen atoms in total. The number of methoxy groups -OCH3 is 1. The highest BCUT2D eigenvalue weighted by Gasteiger charge is 2.36. The Morgan fingerprint density at radius 3 is 2.59 bits per heavy atom. The van der Waals surface area contributed by atoms with Crippen LogP contribution in [-0.4, -0.2) is 58.8 Å². The second kappa shape index (κ2) is 8.69. The molecule has 27 heavy (non-hydrogen) atoms. The van der Waals surface area contributed by atoms with Crippen LogP contribution in [-0.2, 0) is 16.1 Å². The third-order valence-corrected chi connectivity index (χ3v) is 4.56. The van der Waals surface area contributed by atoms with Gasteiger partial charge in [-0.1, -0.05) is 5.16 Å². The number of carbonyl (C=O) groups excluding carboxylic acids is 2. The summed E-state index contributed by atoms with van der Waals surface area (Å²) in [6.45, 7) is 7.76. The number of ether oxygens (including phenoxy) is 1. The maximum absolute atomic E-state index is 12.8. The minimum atomic E-state index is -0.334. The van der Waals surface area contributed by atoms with E-state index in [1.165, 1.54) is 0 Å². The first-order valence-corrected chi connectivity index (χ1v) is 9.24. The SMILES string of the molecule is CO[C@@H]1CC[C@H](C(=O)N(C)Cc2nc(C)no2)C[C@H]1NC(=O)NC(C)(C)C. The molecule has 1 heterocycles. The van der Waals surface area contributed by atoms with Crippen molar-refractivity contribution in [2.75, 3.05) is 14.2 Å². The molecule has 2 rings (SSSR count). The number of nitrogens with zero attached hydrogens (tertiary/aromatic N) is 3. The van der Waals surface area contributed by atoms with Crippen molar-refractivity contribution in [2.24, 2.45) is 5.92 Å². The van der Waals surface area contributed by atoms with Gasteiger partial charge >= 0.3 is 6.03 Å². The fraction of sp³-hybridized carbons (Fsp3) is 0.778. The Kier molecular flexibility index (Phi) is 6.80. The molecule has 1 fully saturated rings. The lowest BCUT2D eigenvalue weighted by atomic mass is 9.82. The van der Waals surface area contributed by atoms with Gasteiger partial charge < -0.3 is 24.8 Å². The highest BCUT2D eigenvalue weighted by molar-refractivity contribution is 5.79. The minimum Gasteiger partial charge on any atom is -0.379 e. The molecule has 0 aromatic carbocycles. The number of aromatic nitrogens is 2. The number of hydrogen-bond acceptors (Lipinski definition) is 6. The third-order valence-electron chi connectivity index (χ3n) is 4.56. The average Bonchev–Trinajstić information content (AvgIpc) is 2.97. The van der Waals surface area contributed by atoms with Crippen molar-refractivity contribution in [1.82, 2.24) is 25.7 Å². The smallest absolute Gasteiger partial charge is 0.315 e. The number of aryl methyl sites for hydroxylation is 1. The summed E-state index contributed by atoms with van der Waals surface area (Å²) in [6, 6.07) is -0.476. The van der Waals surface area contributed by atoms with Crippen LogP contribution in [0.2, 0.25) is 0 Å². The van der Waals surface area contributed by atoms with E-state index >= 15 is 0 Å². The van der Waals surface area contributed by atoms with Crippen LogP contribution in [0, 0.1) is 12.8 Å². The molecule has 3 amide bonds. The summed E-state index contributed by atoms with van der Waals surface area (Å²) in [7, 11) is 3.35. The molecular formula is C18H31N5O4. The van der Waals surface area contributed by atoms with Gasteiger partial charge in [-0.25, -0.2) is 4.79 Å². The van der Waals surface area contributed by atoms with Crippen LogP contribution < -0.4 is 10.6 Å². The Balaban J connectivity index is 1.97. The van der Waals surface area contributed by atoms with Crippen molar-refractivity contribution in [1.29, 1.82) is 0 Å². The predicted octanol–water partition coefficient (Wildman–Crippen LogP) is 1.62. The summed E-state index contributed by atoms with van der Waals surface area (Å²) >= 11 is 0. The Labute approximate surface area is 160 Å². The van der Waals surface area contributed by atoms with E-state index in [9.17, 15) is 9.59 Å². The van der Waals surface area contributed by atoms with E-state index < -0.39 is 0 Å². The molecule has 0 bridgehead atoms. The number of urea groups is 1. The number of hydrogen-bond donors (Lipinski definition) is 2. The molecule has 1 saturated carbocycles. The molecule has 1 aromatic rings. The summed E-state index contributed by atoms with van der Waals surface area (Å²) in [5.74, 6) is 0.766. The van der Waals surface area contributed by atoms with Gasteiger partial charge in [-0.2, -0.15) is 4.98 Å². The molecular weight excluding hydrogens is 350 g/mol. The van der Waals surface area contributed by atoms with Crippen molar-refractivity contribution in [3.63, 3.8) is 0 Å². The van der Waals surface area contributed by atoms with Gasteiger partial charge in [0.05, 0.1) is 18.7 Å². The van der Waals surface area contributed by atoms with Crippen molar-refractivity contribution in [3.05, 3.63) is 11.7 Å². The van der Waals surface area contributed by atoms with E-state index in [0.29, 0.717) is 31.0 Å². The van der Waals surface area contributed by atoms with Gasteiger partial charge in [0.2, 0.25) is 11.8 Å². The second-order valence-corrected chi connectivity index (χ2v) is 8.17. The first-order chi connectivity index (χ1) is 12.6. The lowest BCUT2D eigenvalue weighted by Crippen LogP contribution is -2.55. The molecule has 1 aromatic heterocycles. The Bertz CT molecular complexity index is 654. The van der Waals surface area contributed by atoms with Crippen molar-refractivity contribution >= 4 is 11.9 Å². The third kappa shape index (κ3) is 6.20. The first kappa shape index (κ1) is 21.1. The van der Waals surface area contributed by atoms with E-state index in [0.717, 1.165) is 0 Å². The topological polar surface area (TPSA) is 110 Å². The summed E-state index contributed by atoms with van der Waals surface area (Å²) < 4.78 is 10.6. The van der Waals surface area contributed by atoms with E-state index in [1.807, 2.05) is 20.8 Å². The molecule has 152 valence electrons. The highest BCUT2D eigenvalue weighted by atomic mass is 16.5. The molecule has 1 aliphatic rings. The summed E-state index contributed by atoms with van der Waals surface area (Å²) in [5.41, 5.74) is -0.334. The Morgan fingerprint density at radius 2 is 2.04 bits per heavy atom. The first-order valence-electron chi connectivity index (χ1n) is 9.24. The minimum absolute atomic E-state index is 0.00318. The molecule has 0 saturated heterocycles. The van der Waals surface area contributed by atoms with Crippen molar-refractivity contribution in [2.45, 2.75) is 71.2 Å². The standard InChI is InChI=1S/C18H31N5O4/c1-11-19-15(27-22-11)10-23(5)16(24)12-7-8-14(26-6)13(9-12)20-17(25)21-18(2,3)4/h12-14H,7-10H2,1-6H3,(H2,20,21,25)/t12-,13+,14+/m0/s1. The molecule has 1 aliphatic carbocycles. The van der Waals surface area contributed by atoms with Gasteiger partial charge in [0.25, 0.3) is 0 Å². The molecule has 3 atom stereocenters. The van der Waals surface area contributed by atoms with Gasteiger partial charge in [0.1, 0.15) is 0 Å². The quantitative estimate of drug-likeness (QED) is 0.802. The van der Waals surface area contributed by atoms with Crippen LogP contribution in [0.3, 0.4) is 0 Å². The molecule has 0 radical (unpaired) electrons. The van der Waals surface area contributed by atoms with Gasteiger partial charge in [0, 0.05) is 25.6 Å². The van der Waals surface area contributed by atoms with E-state index in [4.69, 9.17) is 9.26 Å². The molecule has 0 spiro atoms. The van der Waals surface area contributed by atoms with Crippen molar-refractivity contribution < 1.29 is 18.8 Å². The molecule has 0 aliphatic heterocycles. The van der Waals surface area contributed by atoms with Crippen LogP contribution in [0.25, 0.3) is 0 Å².